The van der Waals surface area contributed by atoms with E-state index in [-0.39, 0.29) is 5.83 Å². The maximum absolute atomic E-state index is 13.3. The molecule has 156 valence electrons. The largest absolute Gasteiger partial charge is 0.404 e. The molecule has 6 nitrogen and oxygen atoms in total. The lowest BCUT2D eigenvalue weighted by Crippen LogP contribution is -2.33. The number of aldehydes is 1. The van der Waals surface area contributed by atoms with Gasteiger partial charge >= 0.3 is 0 Å². The van der Waals surface area contributed by atoms with Gasteiger partial charge < -0.3 is 16.3 Å². The van der Waals surface area contributed by atoms with Crippen LogP contribution in [0, 0.1) is 5.41 Å². The second kappa shape index (κ2) is 10.9. The summed E-state index contributed by atoms with van der Waals surface area (Å²) in [6.07, 6.45) is 12.9. The van der Waals surface area contributed by atoms with Crippen LogP contribution in [-0.2, 0) is 4.79 Å². The highest BCUT2D eigenvalue weighted by Gasteiger charge is 2.39. The van der Waals surface area contributed by atoms with E-state index < -0.39 is 5.41 Å². The van der Waals surface area contributed by atoms with Crippen molar-refractivity contribution in [3.63, 3.8) is 0 Å². The summed E-state index contributed by atoms with van der Waals surface area (Å²) in [7, 11) is 1.66. The summed E-state index contributed by atoms with van der Waals surface area (Å²) in [6, 6.07) is 0. The van der Waals surface area contributed by atoms with Crippen LogP contribution in [-0.4, -0.2) is 31.0 Å². The quantitative estimate of drug-likeness (QED) is 0.318. The van der Waals surface area contributed by atoms with Crippen molar-refractivity contribution in [1.82, 2.24) is 0 Å². The fraction of sp³-hybridized carbons (Fsp3) is 0.381. The Bertz CT molecular complexity index is 838. The van der Waals surface area contributed by atoms with Gasteiger partial charge in [-0.2, -0.15) is 0 Å². The van der Waals surface area contributed by atoms with E-state index in [1.54, 1.807) is 19.3 Å². The Balaban J connectivity index is 2.52. The third-order valence-electron chi connectivity index (χ3n) is 5.07. The standard InChI is InChI=1S/C21H28FN5OS/c1-26-13-15(11-23)9-21(14-28)10-16(12-24)20(8-17(21)6-7-29-25)27-19-4-2-18(22)3-5-19/h2,4,8,11-14H,3,5-7,9-10,23-25H2,1H3. The van der Waals surface area contributed by atoms with Gasteiger partial charge in [-0.15, -0.1) is 0 Å². The molecule has 0 bridgehead atoms. The number of halogens is 1. The number of aliphatic imine (C=N–C) groups is 2. The van der Waals surface area contributed by atoms with E-state index in [2.05, 4.69) is 4.99 Å². The normalized spacial score (nSPS) is 25.9. The fourth-order valence-electron chi connectivity index (χ4n) is 3.55. The van der Waals surface area contributed by atoms with Gasteiger partial charge in [0.2, 0.25) is 0 Å². The van der Waals surface area contributed by atoms with Gasteiger partial charge in [-0.3, -0.25) is 15.1 Å². The van der Waals surface area contributed by atoms with Crippen LogP contribution in [0.25, 0.3) is 0 Å². The Labute approximate surface area is 175 Å². The number of hydrogen-bond donors (Lipinski definition) is 3. The first kappa shape index (κ1) is 22.8. The average molecular weight is 418 g/mol. The van der Waals surface area contributed by atoms with Crippen LogP contribution in [0.2, 0.25) is 0 Å². The molecule has 0 saturated heterocycles. The van der Waals surface area contributed by atoms with Crippen molar-refractivity contribution >= 4 is 30.2 Å². The summed E-state index contributed by atoms with van der Waals surface area (Å²) in [4.78, 5) is 21.1. The lowest BCUT2D eigenvalue weighted by molar-refractivity contribution is -0.114. The summed E-state index contributed by atoms with van der Waals surface area (Å²) in [6.45, 7) is 0. The minimum atomic E-state index is -0.792. The minimum Gasteiger partial charge on any atom is -0.404 e. The number of rotatable bonds is 8. The highest BCUT2D eigenvalue weighted by Crippen LogP contribution is 2.44. The molecule has 1 atom stereocenters. The van der Waals surface area contributed by atoms with Crippen LogP contribution < -0.4 is 16.6 Å². The molecule has 2 aliphatic rings. The zero-order chi connectivity index (χ0) is 21.3. The summed E-state index contributed by atoms with van der Waals surface area (Å²) >= 11 is 1.22. The first-order valence-electron chi connectivity index (χ1n) is 9.39. The highest BCUT2D eigenvalue weighted by atomic mass is 32.2. The average Bonchev–Trinajstić information content (AvgIpc) is 2.74. The predicted molar refractivity (Wildman–Crippen MR) is 120 cm³/mol. The van der Waals surface area contributed by atoms with E-state index in [4.69, 9.17) is 21.6 Å². The SMILES string of the molecule is CN=CC(=CN)CC1(C=O)CC(=CN)C(=NC2=CC=C(F)CC2)C=C1CCSN. The van der Waals surface area contributed by atoms with E-state index >= 15 is 0 Å². The molecule has 8 heteroatoms. The van der Waals surface area contributed by atoms with Crippen molar-refractivity contribution < 1.29 is 9.18 Å². The molecule has 0 aromatic heterocycles. The molecule has 0 fully saturated rings. The summed E-state index contributed by atoms with van der Waals surface area (Å²) < 4.78 is 13.3. The van der Waals surface area contributed by atoms with Gasteiger partial charge in [-0.05, 0) is 67.5 Å². The number of nitrogens with zero attached hydrogens (tertiary/aromatic N) is 2. The highest BCUT2D eigenvalue weighted by molar-refractivity contribution is 7.97. The van der Waals surface area contributed by atoms with E-state index in [0.29, 0.717) is 43.6 Å². The molecule has 0 aliphatic heterocycles. The molecular formula is C21H28FN5OS. The molecule has 1 unspecified atom stereocenters. The van der Waals surface area contributed by atoms with Crippen LogP contribution in [0.1, 0.15) is 32.1 Å². The Morgan fingerprint density at radius 2 is 2.14 bits per heavy atom. The van der Waals surface area contributed by atoms with E-state index in [1.165, 1.54) is 30.4 Å². The first-order valence-corrected chi connectivity index (χ1v) is 10.4. The number of carbonyl (C=O) groups is 1. The number of nitrogens with two attached hydrogens (primary N) is 3. The molecule has 0 aromatic carbocycles. The molecule has 29 heavy (non-hydrogen) atoms. The summed E-state index contributed by atoms with van der Waals surface area (Å²) in [5.74, 6) is 0.512. The molecule has 0 saturated carbocycles. The van der Waals surface area contributed by atoms with Crippen molar-refractivity contribution in [2.75, 3.05) is 12.8 Å². The van der Waals surface area contributed by atoms with Crippen molar-refractivity contribution in [1.29, 1.82) is 0 Å². The smallest absolute Gasteiger partial charge is 0.130 e. The van der Waals surface area contributed by atoms with Crippen molar-refractivity contribution in [2.45, 2.75) is 32.1 Å². The number of hydrogen-bond acceptors (Lipinski definition) is 7. The lowest BCUT2D eigenvalue weighted by atomic mass is 9.67. The molecule has 0 heterocycles. The van der Waals surface area contributed by atoms with Crippen LogP contribution in [0.5, 0.6) is 0 Å². The third kappa shape index (κ3) is 5.77. The van der Waals surface area contributed by atoms with Crippen LogP contribution >= 0.6 is 11.9 Å². The Morgan fingerprint density at radius 1 is 1.34 bits per heavy atom. The van der Waals surface area contributed by atoms with Crippen LogP contribution in [0.3, 0.4) is 0 Å². The zero-order valence-corrected chi connectivity index (χ0v) is 17.4. The zero-order valence-electron chi connectivity index (χ0n) is 16.6. The second-order valence-electron chi connectivity index (χ2n) is 7.01. The molecule has 2 aliphatic carbocycles. The van der Waals surface area contributed by atoms with Gasteiger partial charge in [0.25, 0.3) is 0 Å². The minimum absolute atomic E-state index is 0.151. The molecule has 0 radical (unpaired) electrons. The number of carbonyl (C=O) groups excluding carboxylic acids is 1. The van der Waals surface area contributed by atoms with Crippen LogP contribution in [0.4, 0.5) is 4.39 Å². The molecule has 0 spiro atoms. The molecule has 6 N–H and O–H groups in total. The fourth-order valence-corrected chi connectivity index (χ4v) is 3.88. The van der Waals surface area contributed by atoms with E-state index in [0.717, 1.165) is 28.7 Å². The molecular weight excluding hydrogens is 389 g/mol. The first-order chi connectivity index (χ1) is 14.0. The van der Waals surface area contributed by atoms with Gasteiger partial charge in [-0.25, -0.2) is 4.39 Å². The summed E-state index contributed by atoms with van der Waals surface area (Å²) in [5.41, 5.74) is 14.8. The topological polar surface area (TPSA) is 120 Å². The van der Waals surface area contributed by atoms with E-state index in [1.807, 2.05) is 6.08 Å². The Morgan fingerprint density at radius 3 is 2.69 bits per heavy atom. The van der Waals surface area contributed by atoms with Crippen molar-refractivity contribution in [2.24, 2.45) is 32.0 Å². The Kier molecular flexibility index (Phi) is 8.60. The maximum atomic E-state index is 13.3. The van der Waals surface area contributed by atoms with Gasteiger partial charge in [0.05, 0.1) is 11.1 Å². The monoisotopic (exact) mass is 417 g/mol. The maximum Gasteiger partial charge on any atom is 0.130 e. The van der Waals surface area contributed by atoms with Gasteiger partial charge in [-0.1, -0.05) is 17.5 Å². The van der Waals surface area contributed by atoms with Gasteiger partial charge in [0.1, 0.15) is 12.1 Å². The second-order valence-corrected chi connectivity index (χ2v) is 7.75. The number of allylic oxidation sites excluding steroid dienone is 8. The Hall–Kier alpha value is -2.45. The van der Waals surface area contributed by atoms with Crippen molar-refractivity contribution in [3.8, 4) is 0 Å². The van der Waals surface area contributed by atoms with E-state index in [9.17, 15) is 9.18 Å². The molecule has 2 rings (SSSR count). The lowest BCUT2D eigenvalue weighted by Gasteiger charge is -2.36. The van der Waals surface area contributed by atoms with Gasteiger partial charge in [0.15, 0.2) is 0 Å². The molecule has 0 amide bonds. The predicted octanol–water partition coefficient (Wildman–Crippen LogP) is 3.25. The van der Waals surface area contributed by atoms with Crippen molar-refractivity contribution in [3.05, 3.63) is 58.9 Å². The van der Waals surface area contributed by atoms with Crippen LogP contribution in [0.15, 0.2) is 68.9 Å². The van der Waals surface area contributed by atoms with Gasteiger partial charge in [0, 0.05) is 31.1 Å². The summed E-state index contributed by atoms with van der Waals surface area (Å²) in [5, 5.41) is 5.64. The molecule has 0 aromatic rings. The third-order valence-corrected chi connectivity index (χ3v) is 5.51.